The Hall–Kier alpha value is -2.89. The van der Waals surface area contributed by atoms with Gasteiger partial charge in [-0.3, -0.25) is 4.79 Å². The minimum Gasteiger partial charge on any atom is -0.497 e. The van der Waals surface area contributed by atoms with Crippen LogP contribution in [0, 0.1) is 0 Å². The van der Waals surface area contributed by atoms with Gasteiger partial charge in [-0.25, -0.2) is 9.78 Å². The Balaban J connectivity index is 1.81. The third-order valence-electron chi connectivity index (χ3n) is 3.99. The fourth-order valence-electron chi connectivity index (χ4n) is 2.53. The molecule has 6 heteroatoms. The first-order valence-corrected chi connectivity index (χ1v) is 7.71. The quantitative estimate of drug-likeness (QED) is 0.882. The second kappa shape index (κ2) is 6.70. The van der Waals surface area contributed by atoms with Crippen LogP contribution in [-0.4, -0.2) is 40.0 Å². The van der Waals surface area contributed by atoms with E-state index in [1.165, 1.54) is 12.3 Å². The normalized spacial score (nSPS) is 13.4. The summed E-state index contributed by atoms with van der Waals surface area (Å²) in [6, 6.07) is 10.7. The van der Waals surface area contributed by atoms with Crippen LogP contribution < -0.4 is 4.74 Å². The van der Waals surface area contributed by atoms with Crippen molar-refractivity contribution in [1.29, 1.82) is 0 Å². The van der Waals surface area contributed by atoms with Gasteiger partial charge in [-0.1, -0.05) is 12.1 Å². The largest absolute Gasteiger partial charge is 0.497 e. The van der Waals surface area contributed by atoms with Gasteiger partial charge in [0.25, 0.3) is 5.91 Å². The lowest BCUT2D eigenvalue weighted by Gasteiger charge is -2.23. The number of nitrogens with zero attached hydrogens (tertiary/aromatic N) is 2. The molecule has 1 aliphatic carbocycles. The lowest BCUT2D eigenvalue weighted by molar-refractivity contribution is 0.0690. The number of benzene rings is 1. The number of hydrogen-bond acceptors (Lipinski definition) is 4. The Labute approximate surface area is 139 Å². The molecule has 1 fully saturated rings. The van der Waals surface area contributed by atoms with Gasteiger partial charge in [0.2, 0.25) is 0 Å². The molecule has 0 aliphatic heterocycles. The number of amides is 1. The number of carboxylic acids is 1. The van der Waals surface area contributed by atoms with Gasteiger partial charge in [0.05, 0.1) is 7.11 Å². The van der Waals surface area contributed by atoms with E-state index in [0.717, 1.165) is 24.2 Å². The Morgan fingerprint density at radius 2 is 1.96 bits per heavy atom. The number of pyridine rings is 1. The fourth-order valence-corrected chi connectivity index (χ4v) is 2.53. The van der Waals surface area contributed by atoms with Crippen molar-refractivity contribution in [3.8, 4) is 5.75 Å². The molecule has 24 heavy (non-hydrogen) atoms. The van der Waals surface area contributed by atoms with E-state index >= 15 is 0 Å². The molecule has 1 heterocycles. The van der Waals surface area contributed by atoms with E-state index in [1.807, 2.05) is 24.3 Å². The van der Waals surface area contributed by atoms with Crippen molar-refractivity contribution in [2.24, 2.45) is 0 Å². The van der Waals surface area contributed by atoms with Gasteiger partial charge in [0.15, 0.2) is 0 Å². The predicted molar refractivity (Wildman–Crippen MR) is 87.1 cm³/mol. The molecule has 3 rings (SSSR count). The third-order valence-corrected chi connectivity index (χ3v) is 3.99. The van der Waals surface area contributed by atoms with Crippen molar-refractivity contribution >= 4 is 11.9 Å². The van der Waals surface area contributed by atoms with Crippen LogP contribution in [0.15, 0.2) is 42.6 Å². The number of carboxylic acid groups (broad SMARTS) is 1. The zero-order chi connectivity index (χ0) is 17.1. The van der Waals surface area contributed by atoms with Crippen molar-refractivity contribution in [2.45, 2.75) is 25.4 Å². The number of rotatable bonds is 6. The molecule has 124 valence electrons. The molecule has 0 spiro atoms. The fraction of sp³-hybridized carbons (Fsp3) is 0.278. The standard InChI is InChI=1S/C18H18N2O4/c1-24-15-6-2-12(3-7-15)11-20(14-4-5-14)17(21)13-8-9-19-16(10-13)18(22)23/h2-3,6-10,14H,4-5,11H2,1H3,(H,22,23). The van der Waals surface area contributed by atoms with Crippen LogP contribution in [0.3, 0.4) is 0 Å². The summed E-state index contributed by atoms with van der Waals surface area (Å²) in [5.41, 5.74) is 1.23. The molecule has 0 bridgehead atoms. The molecule has 1 aromatic carbocycles. The molecule has 1 aliphatic rings. The van der Waals surface area contributed by atoms with Gasteiger partial charge < -0.3 is 14.7 Å². The molecule has 1 amide bonds. The highest BCUT2D eigenvalue weighted by molar-refractivity contribution is 5.97. The van der Waals surface area contributed by atoms with Crippen molar-refractivity contribution < 1.29 is 19.4 Å². The predicted octanol–water partition coefficient (Wildman–Crippen LogP) is 2.59. The lowest BCUT2D eigenvalue weighted by atomic mass is 10.1. The van der Waals surface area contributed by atoms with Gasteiger partial charge in [0.1, 0.15) is 11.4 Å². The molecule has 0 atom stereocenters. The van der Waals surface area contributed by atoms with E-state index in [2.05, 4.69) is 4.98 Å². The first-order chi connectivity index (χ1) is 11.6. The second-order valence-electron chi connectivity index (χ2n) is 5.75. The molecule has 1 N–H and O–H groups in total. The van der Waals surface area contributed by atoms with Gasteiger partial charge in [-0.2, -0.15) is 0 Å². The minimum atomic E-state index is -1.14. The average molecular weight is 326 g/mol. The van der Waals surface area contributed by atoms with E-state index in [4.69, 9.17) is 9.84 Å². The summed E-state index contributed by atoms with van der Waals surface area (Å²) < 4.78 is 5.14. The Bertz CT molecular complexity index is 754. The molecule has 1 aromatic heterocycles. The van der Waals surface area contributed by atoms with Gasteiger partial charge in [0, 0.05) is 24.3 Å². The van der Waals surface area contributed by atoms with Crippen molar-refractivity contribution in [1.82, 2.24) is 9.88 Å². The number of carbonyl (C=O) groups is 2. The molecule has 6 nitrogen and oxygen atoms in total. The first kappa shape index (κ1) is 16.0. The van der Waals surface area contributed by atoms with E-state index < -0.39 is 5.97 Å². The van der Waals surface area contributed by atoms with E-state index in [-0.39, 0.29) is 17.6 Å². The van der Waals surface area contributed by atoms with Crippen molar-refractivity contribution in [3.63, 3.8) is 0 Å². The van der Waals surface area contributed by atoms with Crippen molar-refractivity contribution in [3.05, 3.63) is 59.4 Å². The number of aromatic nitrogens is 1. The van der Waals surface area contributed by atoms with Crippen LogP contribution >= 0.6 is 0 Å². The molecule has 0 radical (unpaired) electrons. The number of aromatic carboxylic acids is 1. The maximum atomic E-state index is 12.8. The summed E-state index contributed by atoms with van der Waals surface area (Å²) in [5, 5.41) is 9.04. The van der Waals surface area contributed by atoms with Crippen molar-refractivity contribution in [2.75, 3.05) is 7.11 Å². The number of carbonyl (C=O) groups excluding carboxylic acids is 1. The van der Waals surface area contributed by atoms with Crippen LogP contribution in [0.5, 0.6) is 5.75 Å². The minimum absolute atomic E-state index is 0.124. The molecule has 0 saturated heterocycles. The highest BCUT2D eigenvalue weighted by atomic mass is 16.5. The topological polar surface area (TPSA) is 79.7 Å². The average Bonchev–Trinajstić information content (AvgIpc) is 3.44. The molecule has 2 aromatic rings. The Morgan fingerprint density at radius 1 is 1.25 bits per heavy atom. The third kappa shape index (κ3) is 3.53. The van der Waals surface area contributed by atoms with Crippen LogP contribution in [0.1, 0.15) is 39.3 Å². The smallest absolute Gasteiger partial charge is 0.354 e. The van der Waals surface area contributed by atoms with E-state index in [0.29, 0.717) is 12.1 Å². The maximum Gasteiger partial charge on any atom is 0.354 e. The highest BCUT2D eigenvalue weighted by Gasteiger charge is 2.33. The van der Waals surface area contributed by atoms with Gasteiger partial charge >= 0.3 is 5.97 Å². The van der Waals surface area contributed by atoms with Gasteiger partial charge in [-0.15, -0.1) is 0 Å². The first-order valence-electron chi connectivity index (χ1n) is 7.71. The number of ether oxygens (including phenoxy) is 1. The molecular weight excluding hydrogens is 308 g/mol. The Morgan fingerprint density at radius 3 is 2.54 bits per heavy atom. The summed E-state index contributed by atoms with van der Waals surface area (Å²) in [5.74, 6) is -0.542. The Kier molecular flexibility index (Phi) is 4.46. The van der Waals surface area contributed by atoms with E-state index in [1.54, 1.807) is 18.1 Å². The van der Waals surface area contributed by atoms with Crippen LogP contribution in [0.4, 0.5) is 0 Å². The van der Waals surface area contributed by atoms with Crippen LogP contribution in [0.25, 0.3) is 0 Å². The maximum absolute atomic E-state index is 12.8. The molecule has 0 unspecified atom stereocenters. The SMILES string of the molecule is COc1ccc(CN(C(=O)c2ccnc(C(=O)O)c2)C2CC2)cc1. The zero-order valence-electron chi connectivity index (χ0n) is 13.3. The number of hydrogen-bond donors (Lipinski definition) is 1. The molecular formula is C18H18N2O4. The van der Waals surface area contributed by atoms with Crippen LogP contribution in [-0.2, 0) is 6.54 Å². The highest BCUT2D eigenvalue weighted by Crippen LogP contribution is 2.30. The second-order valence-corrected chi connectivity index (χ2v) is 5.75. The monoisotopic (exact) mass is 326 g/mol. The number of methoxy groups -OCH3 is 1. The van der Waals surface area contributed by atoms with Gasteiger partial charge in [-0.05, 0) is 42.7 Å². The summed E-state index contributed by atoms with van der Waals surface area (Å²) in [6.45, 7) is 0.484. The van der Waals surface area contributed by atoms with Crippen LogP contribution in [0.2, 0.25) is 0 Å². The summed E-state index contributed by atoms with van der Waals surface area (Å²) in [4.78, 5) is 29.4. The summed E-state index contributed by atoms with van der Waals surface area (Å²) in [6.07, 6.45) is 3.30. The lowest BCUT2D eigenvalue weighted by Crippen LogP contribution is -2.32. The van der Waals surface area contributed by atoms with E-state index in [9.17, 15) is 9.59 Å². The summed E-state index contributed by atoms with van der Waals surface area (Å²) >= 11 is 0. The summed E-state index contributed by atoms with van der Waals surface area (Å²) in [7, 11) is 1.61. The zero-order valence-corrected chi connectivity index (χ0v) is 13.3. The molecule has 1 saturated carbocycles.